The van der Waals surface area contributed by atoms with Gasteiger partial charge in [-0.15, -0.1) is 17.0 Å². The molecule has 108 valence electrons. The summed E-state index contributed by atoms with van der Waals surface area (Å²) in [6, 6.07) is 10.1. The fourth-order valence-electron chi connectivity index (χ4n) is 2.69. The van der Waals surface area contributed by atoms with Crippen molar-refractivity contribution in [2.24, 2.45) is 0 Å². The van der Waals surface area contributed by atoms with Crippen LogP contribution in [-0.2, 0) is 6.42 Å². The lowest BCUT2D eigenvalue weighted by molar-refractivity contribution is 0.0976. The van der Waals surface area contributed by atoms with E-state index < -0.39 is 0 Å². The summed E-state index contributed by atoms with van der Waals surface area (Å²) in [5, 5.41) is 0. The molecular weight excluding hydrogens is 416 g/mol. The number of hydrogen-bond donors (Lipinski definition) is 0. The molecule has 21 heavy (non-hydrogen) atoms. The van der Waals surface area contributed by atoms with Crippen LogP contribution in [-0.4, -0.2) is 15.2 Å². The van der Waals surface area contributed by atoms with E-state index in [0.717, 1.165) is 44.2 Å². The second-order valence-electron chi connectivity index (χ2n) is 4.89. The Balaban J connectivity index is 0.00000132. The summed E-state index contributed by atoms with van der Waals surface area (Å²) >= 11 is 5.17. The number of rotatable bonds is 1. The van der Waals surface area contributed by atoms with Crippen molar-refractivity contribution in [3.8, 4) is 11.3 Å². The number of fused-ring (bicyclic) bond motifs is 3. The van der Waals surface area contributed by atoms with Crippen LogP contribution in [0.2, 0.25) is 0 Å². The Kier molecular flexibility index (Phi) is 4.03. The van der Waals surface area contributed by atoms with E-state index in [1.54, 1.807) is 0 Å². The van der Waals surface area contributed by atoms with E-state index in [1.165, 1.54) is 11.3 Å². The van der Waals surface area contributed by atoms with Gasteiger partial charge in [0.1, 0.15) is 10.3 Å². The molecule has 0 unspecified atom stereocenters. The van der Waals surface area contributed by atoms with Gasteiger partial charge in [0, 0.05) is 17.7 Å². The van der Waals surface area contributed by atoms with E-state index in [1.807, 2.05) is 18.2 Å². The van der Waals surface area contributed by atoms with Crippen LogP contribution in [0.15, 0.2) is 34.9 Å². The molecular formula is C15H12Br2N2OS. The summed E-state index contributed by atoms with van der Waals surface area (Å²) in [5.41, 5.74) is 3.15. The van der Waals surface area contributed by atoms with E-state index in [0.29, 0.717) is 6.42 Å². The Hall–Kier alpha value is -0.980. The summed E-state index contributed by atoms with van der Waals surface area (Å²) in [6.07, 6.45) is 2.55. The number of aromatic nitrogens is 2. The Morgan fingerprint density at radius 1 is 1.19 bits per heavy atom. The van der Waals surface area contributed by atoms with Crippen molar-refractivity contribution in [1.29, 1.82) is 0 Å². The zero-order valence-corrected chi connectivity index (χ0v) is 15.1. The standard InChI is InChI=1S/C15H11BrN2OS.BrH/c16-14-12(9-5-2-1-3-6-9)17-15-18(14)10-7-4-8-11(19)13(10)20-15;/h1-3,5-6H,4,7-8H2;1H. The lowest BCUT2D eigenvalue weighted by Crippen LogP contribution is -2.09. The van der Waals surface area contributed by atoms with Crippen molar-refractivity contribution in [2.75, 3.05) is 0 Å². The number of benzene rings is 1. The first-order chi connectivity index (χ1) is 9.75. The van der Waals surface area contributed by atoms with E-state index in [4.69, 9.17) is 4.98 Å². The van der Waals surface area contributed by atoms with Gasteiger partial charge in [-0.1, -0.05) is 41.7 Å². The quantitative estimate of drug-likeness (QED) is 0.552. The van der Waals surface area contributed by atoms with Crippen LogP contribution in [0, 0.1) is 0 Å². The van der Waals surface area contributed by atoms with Crippen LogP contribution in [0.3, 0.4) is 0 Å². The summed E-state index contributed by atoms with van der Waals surface area (Å²) in [5.74, 6) is 0.259. The van der Waals surface area contributed by atoms with Gasteiger partial charge >= 0.3 is 0 Å². The normalized spacial score (nSPS) is 14.0. The number of ketones is 1. The van der Waals surface area contributed by atoms with Gasteiger partial charge in [-0.25, -0.2) is 4.98 Å². The first-order valence-electron chi connectivity index (χ1n) is 6.54. The zero-order valence-electron chi connectivity index (χ0n) is 11.0. The highest BCUT2D eigenvalue weighted by Gasteiger charge is 2.26. The minimum Gasteiger partial charge on any atom is -0.293 e. The van der Waals surface area contributed by atoms with Crippen LogP contribution < -0.4 is 0 Å². The highest BCUT2D eigenvalue weighted by atomic mass is 79.9. The molecule has 0 spiro atoms. The molecule has 0 radical (unpaired) electrons. The van der Waals surface area contributed by atoms with E-state index in [9.17, 15) is 4.79 Å². The van der Waals surface area contributed by atoms with Crippen molar-refractivity contribution >= 4 is 55.0 Å². The number of halogens is 2. The number of carbonyl (C=O) groups excluding carboxylic acids is 1. The third kappa shape index (κ3) is 2.29. The highest BCUT2D eigenvalue weighted by molar-refractivity contribution is 9.10. The lowest BCUT2D eigenvalue weighted by Gasteiger charge is -2.10. The molecule has 0 saturated carbocycles. The van der Waals surface area contributed by atoms with Gasteiger partial charge < -0.3 is 0 Å². The zero-order chi connectivity index (χ0) is 13.7. The molecule has 0 fully saturated rings. The Morgan fingerprint density at radius 3 is 2.71 bits per heavy atom. The number of imidazole rings is 1. The maximum Gasteiger partial charge on any atom is 0.196 e. The Labute approximate surface area is 144 Å². The van der Waals surface area contributed by atoms with Gasteiger partial charge in [-0.05, 0) is 28.8 Å². The van der Waals surface area contributed by atoms with Crippen LogP contribution in [0.1, 0.15) is 28.2 Å². The molecule has 0 bridgehead atoms. The number of nitrogens with zero attached hydrogens (tertiary/aromatic N) is 2. The minimum absolute atomic E-state index is 0. The molecule has 0 aliphatic heterocycles. The monoisotopic (exact) mass is 426 g/mol. The number of hydrogen-bond acceptors (Lipinski definition) is 3. The van der Waals surface area contributed by atoms with Gasteiger partial charge in [0.2, 0.25) is 0 Å². The molecule has 1 aromatic carbocycles. The molecule has 3 aromatic rings. The van der Waals surface area contributed by atoms with Crippen molar-refractivity contribution in [3.63, 3.8) is 0 Å². The van der Waals surface area contributed by atoms with Crippen LogP contribution in [0.25, 0.3) is 16.2 Å². The fourth-order valence-corrected chi connectivity index (χ4v) is 4.64. The number of Topliss-reactive ketones (excluding diaryl/α,β-unsaturated/α-hetero) is 1. The van der Waals surface area contributed by atoms with Crippen molar-refractivity contribution in [1.82, 2.24) is 9.38 Å². The van der Waals surface area contributed by atoms with Crippen LogP contribution in [0.5, 0.6) is 0 Å². The van der Waals surface area contributed by atoms with Crippen molar-refractivity contribution in [2.45, 2.75) is 19.3 Å². The van der Waals surface area contributed by atoms with Gasteiger partial charge in [0.05, 0.1) is 4.88 Å². The van der Waals surface area contributed by atoms with Crippen LogP contribution in [0.4, 0.5) is 0 Å². The average molecular weight is 428 g/mol. The second-order valence-corrected chi connectivity index (χ2v) is 6.62. The van der Waals surface area contributed by atoms with E-state index in [-0.39, 0.29) is 22.8 Å². The maximum atomic E-state index is 12.0. The first-order valence-corrected chi connectivity index (χ1v) is 8.15. The third-order valence-corrected chi connectivity index (χ3v) is 5.49. The molecule has 0 amide bonds. The number of carbonyl (C=O) groups is 1. The summed E-state index contributed by atoms with van der Waals surface area (Å²) in [6.45, 7) is 0. The molecule has 1 aliphatic rings. The molecule has 4 rings (SSSR count). The Morgan fingerprint density at radius 2 is 1.95 bits per heavy atom. The first kappa shape index (κ1) is 14.9. The highest BCUT2D eigenvalue weighted by Crippen LogP contribution is 2.37. The second kappa shape index (κ2) is 5.66. The molecule has 2 aromatic heterocycles. The van der Waals surface area contributed by atoms with Crippen LogP contribution >= 0.6 is 44.2 Å². The summed E-state index contributed by atoms with van der Waals surface area (Å²) in [7, 11) is 0. The molecule has 0 atom stereocenters. The van der Waals surface area contributed by atoms with Gasteiger partial charge in [0.15, 0.2) is 10.7 Å². The largest absolute Gasteiger partial charge is 0.293 e. The number of thiazole rings is 1. The summed E-state index contributed by atoms with van der Waals surface area (Å²) < 4.78 is 3.05. The molecule has 6 heteroatoms. The number of aryl methyl sites for hydroxylation is 1. The van der Waals surface area contributed by atoms with Gasteiger partial charge in [-0.2, -0.15) is 0 Å². The predicted molar refractivity (Wildman–Crippen MR) is 93.8 cm³/mol. The average Bonchev–Trinajstić information content (AvgIpc) is 2.99. The molecule has 2 heterocycles. The van der Waals surface area contributed by atoms with Crippen molar-refractivity contribution in [3.05, 3.63) is 45.5 Å². The molecule has 0 N–H and O–H groups in total. The van der Waals surface area contributed by atoms with Crippen molar-refractivity contribution < 1.29 is 4.79 Å². The molecule has 1 aliphatic carbocycles. The van der Waals surface area contributed by atoms with Gasteiger partial charge in [-0.3, -0.25) is 9.20 Å². The van der Waals surface area contributed by atoms with E-state index >= 15 is 0 Å². The smallest absolute Gasteiger partial charge is 0.196 e. The van der Waals surface area contributed by atoms with Gasteiger partial charge in [0.25, 0.3) is 0 Å². The Bertz CT molecular complexity index is 823. The third-order valence-electron chi connectivity index (χ3n) is 3.63. The summed E-state index contributed by atoms with van der Waals surface area (Å²) in [4.78, 5) is 18.5. The topological polar surface area (TPSA) is 34.4 Å². The fraction of sp³-hybridized carbons (Fsp3) is 0.200. The SMILES string of the molecule is Br.O=C1CCCc2c1sc1nc(-c3ccccc3)c(Br)n21. The maximum absolute atomic E-state index is 12.0. The predicted octanol–water partition coefficient (Wildman–Crippen LogP) is 4.92. The molecule has 0 saturated heterocycles. The lowest BCUT2D eigenvalue weighted by atomic mass is 10.0. The minimum atomic E-state index is 0. The van der Waals surface area contributed by atoms with E-state index in [2.05, 4.69) is 32.5 Å². The molecule has 3 nitrogen and oxygen atoms in total.